The summed E-state index contributed by atoms with van der Waals surface area (Å²) in [5.74, 6) is 0.0438. The fraction of sp³-hybridized carbons (Fsp3) is 0.174. The summed E-state index contributed by atoms with van der Waals surface area (Å²) in [5, 5.41) is 4.40. The third kappa shape index (κ3) is 4.24. The van der Waals surface area contributed by atoms with Crippen LogP contribution in [0, 0.1) is 12.7 Å². The van der Waals surface area contributed by atoms with Gasteiger partial charge in [-0.2, -0.15) is 0 Å². The van der Waals surface area contributed by atoms with Crippen molar-refractivity contribution in [1.82, 2.24) is 9.13 Å². The van der Waals surface area contributed by atoms with Crippen molar-refractivity contribution in [3.05, 3.63) is 80.1 Å². The second-order valence-electron chi connectivity index (χ2n) is 7.23. The fourth-order valence-electron chi connectivity index (χ4n) is 3.46. The summed E-state index contributed by atoms with van der Waals surface area (Å²) in [6.07, 6.45) is 0. The summed E-state index contributed by atoms with van der Waals surface area (Å²) in [7, 11) is 2.99. The number of amides is 1. The van der Waals surface area contributed by atoms with Gasteiger partial charge < -0.3 is 14.8 Å². The number of carbonyl (C=O) groups excluding carboxylic acids is 1. The molecule has 0 radical (unpaired) electrons. The summed E-state index contributed by atoms with van der Waals surface area (Å²) in [5.41, 5.74) is 0.0736. The van der Waals surface area contributed by atoms with Gasteiger partial charge in [-0.15, -0.1) is 11.3 Å². The number of hydrogen-bond donors (Lipinski definition) is 1. The minimum absolute atomic E-state index is 0.228. The highest BCUT2D eigenvalue weighted by molar-refractivity contribution is 7.17. The summed E-state index contributed by atoms with van der Waals surface area (Å²) in [6, 6.07) is 10.5. The number of nitrogens with one attached hydrogen (secondary N) is 1. The second-order valence-corrected chi connectivity index (χ2v) is 8.14. The first-order valence-corrected chi connectivity index (χ1v) is 10.7. The number of fused-ring (bicyclic) bond motifs is 1. The number of thiophene rings is 1. The molecule has 1 amide bonds. The predicted molar refractivity (Wildman–Crippen MR) is 125 cm³/mol. The lowest BCUT2D eigenvalue weighted by Crippen LogP contribution is -2.40. The van der Waals surface area contributed by atoms with Crippen LogP contribution >= 0.6 is 11.3 Å². The van der Waals surface area contributed by atoms with Crippen molar-refractivity contribution in [2.45, 2.75) is 13.5 Å². The molecule has 0 unspecified atom stereocenters. The van der Waals surface area contributed by atoms with Gasteiger partial charge in [0.2, 0.25) is 5.91 Å². The van der Waals surface area contributed by atoms with Crippen molar-refractivity contribution in [3.8, 4) is 17.2 Å². The number of halogens is 1. The topological polar surface area (TPSA) is 91.6 Å². The van der Waals surface area contributed by atoms with E-state index in [0.29, 0.717) is 33.0 Å². The van der Waals surface area contributed by atoms with Crippen LogP contribution in [0.25, 0.3) is 15.9 Å². The van der Waals surface area contributed by atoms with E-state index in [2.05, 4.69) is 5.32 Å². The van der Waals surface area contributed by atoms with E-state index in [1.165, 1.54) is 37.0 Å². The van der Waals surface area contributed by atoms with Gasteiger partial charge in [-0.3, -0.25) is 14.2 Å². The Morgan fingerprint density at radius 2 is 1.76 bits per heavy atom. The molecular weight excluding hydrogens is 449 g/mol. The molecule has 0 saturated carbocycles. The van der Waals surface area contributed by atoms with Gasteiger partial charge in [-0.05, 0) is 42.1 Å². The molecule has 0 saturated heterocycles. The van der Waals surface area contributed by atoms with Crippen LogP contribution in [0.15, 0.2) is 57.4 Å². The monoisotopic (exact) mass is 469 g/mol. The lowest BCUT2D eigenvalue weighted by molar-refractivity contribution is -0.116. The van der Waals surface area contributed by atoms with Crippen LogP contribution in [-0.2, 0) is 11.3 Å². The standard InChI is InChI=1S/C23H20FN3O5S/c1-13-8-15(4-5-18(13)24)27-22(29)21-19(6-7-33-21)26(23(27)30)12-20(28)25-14-9-16(31-2)11-17(10-14)32-3/h4-11H,12H2,1-3H3,(H,25,28). The van der Waals surface area contributed by atoms with Crippen LogP contribution in [0.3, 0.4) is 0 Å². The quantitative estimate of drug-likeness (QED) is 0.468. The molecule has 0 aliphatic rings. The maximum absolute atomic E-state index is 13.7. The molecule has 4 aromatic rings. The van der Waals surface area contributed by atoms with E-state index in [0.717, 1.165) is 15.9 Å². The number of ether oxygens (including phenoxy) is 2. The smallest absolute Gasteiger partial charge is 0.336 e. The van der Waals surface area contributed by atoms with Crippen LogP contribution in [0.5, 0.6) is 11.5 Å². The van der Waals surface area contributed by atoms with Crippen LogP contribution in [0.4, 0.5) is 10.1 Å². The highest BCUT2D eigenvalue weighted by Crippen LogP contribution is 2.26. The van der Waals surface area contributed by atoms with Crippen LogP contribution in [0.1, 0.15) is 5.56 Å². The molecule has 2 aromatic carbocycles. The van der Waals surface area contributed by atoms with Crippen molar-refractivity contribution in [2.75, 3.05) is 19.5 Å². The average molecular weight is 469 g/mol. The molecule has 10 heteroatoms. The lowest BCUT2D eigenvalue weighted by Gasteiger charge is -2.14. The number of anilines is 1. The summed E-state index contributed by atoms with van der Waals surface area (Å²) < 4.78 is 26.6. The van der Waals surface area contributed by atoms with Crippen molar-refractivity contribution < 1.29 is 18.7 Å². The number of aromatic nitrogens is 2. The van der Waals surface area contributed by atoms with Gasteiger partial charge in [0.15, 0.2) is 0 Å². The van der Waals surface area contributed by atoms with Gasteiger partial charge in [0.05, 0.1) is 25.4 Å². The summed E-state index contributed by atoms with van der Waals surface area (Å²) in [6.45, 7) is 1.20. The van der Waals surface area contributed by atoms with E-state index >= 15 is 0 Å². The molecule has 0 fully saturated rings. The number of benzene rings is 2. The number of methoxy groups -OCH3 is 2. The highest BCUT2D eigenvalue weighted by atomic mass is 32.1. The van der Waals surface area contributed by atoms with Gasteiger partial charge in [-0.1, -0.05) is 0 Å². The molecule has 1 N–H and O–H groups in total. The molecule has 4 rings (SSSR count). The molecule has 0 aliphatic heterocycles. The van der Waals surface area contributed by atoms with Gasteiger partial charge in [0.25, 0.3) is 5.56 Å². The Morgan fingerprint density at radius 1 is 1.06 bits per heavy atom. The van der Waals surface area contributed by atoms with Gasteiger partial charge in [0.1, 0.15) is 28.6 Å². The zero-order valence-electron chi connectivity index (χ0n) is 18.0. The number of carbonyl (C=O) groups is 1. The Balaban J connectivity index is 1.76. The molecule has 0 aliphatic carbocycles. The first-order chi connectivity index (χ1) is 15.8. The summed E-state index contributed by atoms with van der Waals surface area (Å²) >= 11 is 1.16. The Hall–Kier alpha value is -3.92. The lowest BCUT2D eigenvalue weighted by atomic mass is 10.2. The molecule has 170 valence electrons. The summed E-state index contributed by atoms with van der Waals surface area (Å²) in [4.78, 5) is 39.2. The third-order valence-corrected chi connectivity index (χ3v) is 5.98. The SMILES string of the molecule is COc1cc(NC(=O)Cn2c(=O)n(-c3ccc(F)c(C)c3)c(=O)c3sccc32)cc(OC)c1. The Kier molecular flexibility index (Phi) is 6.01. The Morgan fingerprint density at radius 3 is 2.39 bits per heavy atom. The van der Waals surface area contributed by atoms with E-state index < -0.39 is 23.0 Å². The van der Waals surface area contributed by atoms with Crippen molar-refractivity contribution in [3.63, 3.8) is 0 Å². The number of nitrogens with zero attached hydrogens (tertiary/aromatic N) is 2. The van der Waals surface area contributed by atoms with E-state index in [-0.39, 0.29) is 12.2 Å². The van der Waals surface area contributed by atoms with E-state index in [4.69, 9.17) is 9.47 Å². The van der Waals surface area contributed by atoms with E-state index in [1.54, 1.807) is 36.6 Å². The van der Waals surface area contributed by atoms with Gasteiger partial charge in [-0.25, -0.2) is 13.8 Å². The molecule has 0 spiro atoms. The molecule has 0 bridgehead atoms. The third-order valence-electron chi connectivity index (χ3n) is 5.09. The molecule has 33 heavy (non-hydrogen) atoms. The average Bonchev–Trinajstić information content (AvgIpc) is 3.29. The first-order valence-electron chi connectivity index (χ1n) is 9.85. The normalized spacial score (nSPS) is 10.9. The zero-order chi connectivity index (χ0) is 23.7. The molecular formula is C23H20FN3O5S. The maximum Gasteiger partial charge on any atom is 0.336 e. The van der Waals surface area contributed by atoms with Gasteiger partial charge >= 0.3 is 5.69 Å². The first kappa shape index (κ1) is 22.3. The van der Waals surface area contributed by atoms with Crippen molar-refractivity contribution in [1.29, 1.82) is 0 Å². The minimum atomic E-state index is -0.699. The molecule has 2 heterocycles. The Bertz CT molecular complexity index is 1470. The van der Waals surface area contributed by atoms with E-state index in [9.17, 15) is 18.8 Å². The Labute approximate surface area is 191 Å². The fourth-order valence-corrected chi connectivity index (χ4v) is 4.28. The number of rotatable bonds is 6. The van der Waals surface area contributed by atoms with Crippen molar-refractivity contribution >= 4 is 33.1 Å². The van der Waals surface area contributed by atoms with E-state index in [1.807, 2.05) is 0 Å². The largest absolute Gasteiger partial charge is 0.497 e. The zero-order valence-corrected chi connectivity index (χ0v) is 18.9. The van der Waals surface area contributed by atoms with Crippen LogP contribution in [0.2, 0.25) is 0 Å². The minimum Gasteiger partial charge on any atom is -0.497 e. The number of hydrogen-bond acceptors (Lipinski definition) is 6. The highest BCUT2D eigenvalue weighted by Gasteiger charge is 2.18. The molecule has 0 atom stereocenters. The van der Waals surface area contributed by atoms with Crippen LogP contribution in [-0.4, -0.2) is 29.3 Å². The number of aryl methyl sites for hydroxylation is 1. The van der Waals surface area contributed by atoms with Gasteiger partial charge in [0, 0.05) is 23.9 Å². The van der Waals surface area contributed by atoms with Crippen molar-refractivity contribution in [2.24, 2.45) is 0 Å². The molecule has 2 aromatic heterocycles. The predicted octanol–water partition coefficient (Wildman–Crippen LogP) is 3.32. The second kappa shape index (κ2) is 8.91. The van der Waals surface area contributed by atoms with Crippen LogP contribution < -0.4 is 26.0 Å². The maximum atomic E-state index is 13.7. The molecule has 8 nitrogen and oxygen atoms in total.